The van der Waals surface area contributed by atoms with E-state index >= 15 is 0 Å². The van der Waals surface area contributed by atoms with Crippen molar-refractivity contribution in [2.45, 2.75) is 6.54 Å². The maximum Gasteiger partial charge on any atom is 0.161 e. The van der Waals surface area contributed by atoms with Crippen molar-refractivity contribution in [3.8, 4) is 22.8 Å². The van der Waals surface area contributed by atoms with E-state index in [9.17, 15) is 0 Å². The molecule has 7 nitrogen and oxygen atoms in total. The molecule has 0 aliphatic carbocycles. The lowest BCUT2D eigenvalue weighted by Crippen LogP contribution is -2.00. The second-order valence-electron chi connectivity index (χ2n) is 6.09. The summed E-state index contributed by atoms with van der Waals surface area (Å²) in [6.45, 7) is 0.653. The Morgan fingerprint density at radius 2 is 1.78 bits per heavy atom. The zero-order valence-electron chi connectivity index (χ0n) is 15.1. The third-order valence-electron chi connectivity index (χ3n) is 4.39. The Balaban J connectivity index is 1.70. The van der Waals surface area contributed by atoms with E-state index in [1.54, 1.807) is 32.7 Å². The molecule has 0 spiro atoms. The molecule has 2 N–H and O–H groups in total. The summed E-state index contributed by atoms with van der Waals surface area (Å²) in [6.07, 6.45) is 5.30. The van der Waals surface area contributed by atoms with Crippen LogP contribution in [-0.4, -0.2) is 33.7 Å². The van der Waals surface area contributed by atoms with E-state index in [-0.39, 0.29) is 0 Å². The molecule has 7 heteroatoms. The van der Waals surface area contributed by atoms with Crippen LogP contribution in [0.2, 0.25) is 0 Å². The number of pyridine rings is 2. The first kappa shape index (κ1) is 16.8. The molecule has 4 aromatic rings. The molecule has 4 rings (SSSR count). The highest BCUT2D eigenvalue weighted by atomic mass is 16.5. The van der Waals surface area contributed by atoms with Gasteiger partial charge in [0.05, 0.1) is 38.0 Å². The molecule has 3 heterocycles. The Labute approximate surface area is 156 Å². The minimum absolute atomic E-state index is 0.485. The molecule has 136 valence electrons. The number of imidazole rings is 1. The van der Waals surface area contributed by atoms with Crippen molar-refractivity contribution in [1.82, 2.24) is 19.5 Å². The maximum absolute atomic E-state index is 5.67. The van der Waals surface area contributed by atoms with Crippen LogP contribution in [0.3, 0.4) is 0 Å². The van der Waals surface area contributed by atoms with Gasteiger partial charge in [0.15, 0.2) is 11.5 Å². The van der Waals surface area contributed by atoms with Gasteiger partial charge in [0.1, 0.15) is 11.3 Å². The molecule has 0 aliphatic heterocycles. The van der Waals surface area contributed by atoms with E-state index in [2.05, 4.69) is 19.5 Å². The van der Waals surface area contributed by atoms with E-state index < -0.39 is 0 Å². The van der Waals surface area contributed by atoms with Gasteiger partial charge in [-0.05, 0) is 35.9 Å². The van der Waals surface area contributed by atoms with Crippen LogP contribution in [0.25, 0.3) is 22.3 Å². The van der Waals surface area contributed by atoms with Crippen molar-refractivity contribution >= 4 is 16.9 Å². The Morgan fingerprint density at radius 3 is 2.52 bits per heavy atom. The van der Waals surface area contributed by atoms with Gasteiger partial charge in [0.25, 0.3) is 0 Å². The number of nitrogen functional groups attached to an aromatic ring is 1. The number of anilines is 1. The molecule has 0 fully saturated rings. The van der Waals surface area contributed by atoms with Crippen LogP contribution < -0.4 is 15.2 Å². The SMILES string of the molecule is COc1ccc(Cn2cnc3cnc(-c4ccc(N)nc4)cc32)cc1OC. The minimum atomic E-state index is 0.485. The van der Waals surface area contributed by atoms with Crippen LogP contribution in [0.1, 0.15) is 5.56 Å². The van der Waals surface area contributed by atoms with Gasteiger partial charge in [-0.2, -0.15) is 0 Å². The quantitative estimate of drug-likeness (QED) is 0.587. The fraction of sp³-hybridized carbons (Fsp3) is 0.150. The molecule has 0 amide bonds. The zero-order chi connectivity index (χ0) is 18.8. The molecule has 0 aliphatic rings. The van der Waals surface area contributed by atoms with Gasteiger partial charge >= 0.3 is 0 Å². The van der Waals surface area contributed by atoms with Crippen LogP contribution >= 0.6 is 0 Å². The van der Waals surface area contributed by atoms with E-state index in [1.807, 2.05) is 36.7 Å². The zero-order valence-corrected chi connectivity index (χ0v) is 15.1. The van der Waals surface area contributed by atoms with Crippen molar-refractivity contribution in [3.05, 3.63) is 60.7 Å². The number of methoxy groups -OCH3 is 2. The number of aromatic nitrogens is 4. The summed E-state index contributed by atoms with van der Waals surface area (Å²) >= 11 is 0. The van der Waals surface area contributed by atoms with Gasteiger partial charge < -0.3 is 19.8 Å². The molecular formula is C20H19N5O2. The smallest absolute Gasteiger partial charge is 0.161 e. The van der Waals surface area contributed by atoms with Gasteiger partial charge in [-0.1, -0.05) is 6.07 Å². The Morgan fingerprint density at radius 1 is 0.926 bits per heavy atom. The summed E-state index contributed by atoms with van der Waals surface area (Å²) in [5.41, 5.74) is 10.3. The van der Waals surface area contributed by atoms with Crippen molar-refractivity contribution in [2.75, 3.05) is 20.0 Å². The lowest BCUT2D eigenvalue weighted by Gasteiger charge is -2.10. The molecule has 0 saturated carbocycles. The van der Waals surface area contributed by atoms with Crippen molar-refractivity contribution in [1.29, 1.82) is 0 Å². The van der Waals surface area contributed by atoms with Gasteiger partial charge in [-0.3, -0.25) is 4.98 Å². The number of hydrogen-bond acceptors (Lipinski definition) is 6. The average Bonchev–Trinajstić information content (AvgIpc) is 3.10. The monoisotopic (exact) mass is 361 g/mol. The molecule has 0 radical (unpaired) electrons. The first-order chi connectivity index (χ1) is 13.2. The summed E-state index contributed by atoms with van der Waals surface area (Å²) in [4.78, 5) is 13.1. The molecule has 0 atom stereocenters. The second kappa shape index (κ2) is 6.95. The molecule has 0 unspecified atom stereocenters. The lowest BCUT2D eigenvalue weighted by molar-refractivity contribution is 0.354. The van der Waals surface area contributed by atoms with Gasteiger partial charge in [0, 0.05) is 18.3 Å². The fourth-order valence-electron chi connectivity index (χ4n) is 2.98. The standard InChI is InChI=1S/C20H19N5O2/c1-26-18-5-3-13(7-19(18)27-2)11-25-12-24-16-10-22-15(8-17(16)25)14-4-6-20(21)23-9-14/h3-10,12H,11H2,1-2H3,(H2,21,23). The van der Waals surface area contributed by atoms with Crippen molar-refractivity contribution in [3.63, 3.8) is 0 Å². The summed E-state index contributed by atoms with van der Waals surface area (Å²) in [5, 5.41) is 0. The number of fused-ring (bicyclic) bond motifs is 1. The van der Waals surface area contributed by atoms with Crippen LogP contribution in [-0.2, 0) is 6.54 Å². The van der Waals surface area contributed by atoms with Crippen LogP contribution in [0.15, 0.2) is 55.1 Å². The van der Waals surface area contributed by atoms with Crippen LogP contribution in [0.5, 0.6) is 11.5 Å². The van der Waals surface area contributed by atoms with Gasteiger partial charge in [-0.15, -0.1) is 0 Å². The maximum atomic E-state index is 5.67. The number of hydrogen-bond donors (Lipinski definition) is 1. The first-order valence-corrected chi connectivity index (χ1v) is 8.41. The molecule has 3 aromatic heterocycles. The number of benzene rings is 1. The summed E-state index contributed by atoms with van der Waals surface area (Å²) in [5.74, 6) is 1.90. The van der Waals surface area contributed by atoms with Crippen LogP contribution in [0.4, 0.5) is 5.82 Å². The second-order valence-corrected chi connectivity index (χ2v) is 6.09. The Bertz CT molecular complexity index is 1090. The predicted molar refractivity (Wildman–Crippen MR) is 104 cm³/mol. The van der Waals surface area contributed by atoms with Crippen molar-refractivity contribution < 1.29 is 9.47 Å². The van der Waals surface area contributed by atoms with E-state index in [0.29, 0.717) is 23.9 Å². The fourth-order valence-corrected chi connectivity index (χ4v) is 2.98. The molecule has 1 aromatic carbocycles. The molecular weight excluding hydrogens is 342 g/mol. The number of nitrogens with two attached hydrogens (primary N) is 1. The normalized spacial score (nSPS) is 10.9. The Hall–Kier alpha value is -3.61. The molecule has 27 heavy (non-hydrogen) atoms. The van der Waals surface area contributed by atoms with E-state index in [0.717, 1.165) is 27.9 Å². The highest BCUT2D eigenvalue weighted by molar-refractivity contribution is 5.79. The highest BCUT2D eigenvalue weighted by Gasteiger charge is 2.09. The third-order valence-corrected chi connectivity index (χ3v) is 4.39. The highest BCUT2D eigenvalue weighted by Crippen LogP contribution is 2.28. The van der Waals surface area contributed by atoms with E-state index in [4.69, 9.17) is 15.2 Å². The largest absolute Gasteiger partial charge is 0.493 e. The van der Waals surface area contributed by atoms with Crippen molar-refractivity contribution in [2.24, 2.45) is 0 Å². The van der Waals surface area contributed by atoms with Gasteiger partial charge in [0.2, 0.25) is 0 Å². The summed E-state index contributed by atoms with van der Waals surface area (Å²) < 4.78 is 12.8. The number of rotatable bonds is 5. The predicted octanol–water partition coefficient (Wildman–Crippen LogP) is 3.14. The average molecular weight is 361 g/mol. The van der Waals surface area contributed by atoms with E-state index in [1.165, 1.54) is 0 Å². The minimum Gasteiger partial charge on any atom is -0.493 e. The summed E-state index contributed by atoms with van der Waals surface area (Å²) in [6, 6.07) is 11.6. The third kappa shape index (κ3) is 3.27. The molecule has 0 saturated heterocycles. The lowest BCUT2D eigenvalue weighted by atomic mass is 10.1. The van der Waals surface area contributed by atoms with Gasteiger partial charge in [-0.25, -0.2) is 9.97 Å². The first-order valence-electron chi connectivity index (χ1n) is 8.41. The number of nitrogens with zero attached hydrogens (tertiary/aromatic N) is 4. The molecule has 0 bridgehead atoms. The van der Waals surface area contributed by atoms with Crippen LogP contribution in [0, 0.1) is 0 Å². The topological polar surface area (TPSA) is 88.1 Å². The summed E-state index contributed by atoms with van der Waals surface area (Å²) in [7, 11) is 3.26. The Kier molecular flexibility index (Phi) is 4.33. The number of ether oxygens (including phenoxy) is 2.